The number of hydrogen-bond donors (Lipinski definition) is 2. The Hall–Kier alpha value is -0.610. The topological polar surface area (TPSA) is 66.8 Å². The Morgan fingerprint density at radius 2 is 1.92 bits per heavy atom. The van der Waals surface area contributed by atoms with Crippen LogP contribution in [0.3, 0.4) is 0 Å². The highest BCUT2D eigenvalue weighted by Crippen LogP contribution is 2.04. The van der Waals surface area contributed by atoms with E-state index in [0.717, 1.165) is 0 Å². The van der Waals surface area contributed by atoms with Crippen LogP contribution in [-0.4, -0.2) is 28.6 Å². The third-order valence-electron chi connectivity index (χ3n) is 1.77. The van der Waals surface area contributed by atoms with Crippen molar-refractivity contribution in [2.75, 3.05) is 0 Å². The molecule has 0 fully saturated rings. The molecule has 0 radical (unpaired) electrons. The van der Waals surface area contributed by atoms with Gasteiger partial charge >= 0.3 is 5.97 Å². The van der Waals surface area contributed by atoms with Crippen LogP contribution in [0.15, 0.2) is 0 Å². The van der Waals surface area contributed by atoms with Gasteiger partial charge in [-0.05, 0) is 12.8 Å². The Labute approximate surface area is 78.5 Å². The van der Waals surface area contributed by atoms with E-state index in [1.165, 1.54) is 0 Å². The minimum Gasteiger partial charge on any atom is -0.436 e. The number of rotatable bonds is 6. The molecule has 0 heterocycles. The molecular weight excluding hydrogens is 172 g/mol. The highest BCUT2D eigenvalue weighted by Gasteiger charge is 2.10. The smallest absolute Gasteiger partial charge is 0.308 e. The molecule has 0 saturated heterocycles. The van der Waals surface area contributed by atoms with Gasteiger partial charge in [0.05, 0.1) is 6.10 Å². The van der Waals surface area contributed by atoms with Gasteiger partial charge < -0.3 is 14.9 Å². The van der Waals surface area contributed by atoms with Crippen molar-refractivity contribution in [1.82, 2.24) is 0 Å². The van der Waals surface area contributed by atoms with Gasteiger partial charge in [0.15, 0.2) is 6.29 Å². The third-order valence-corrected chi connectivity index (χ3v) is 1.77. The summed E-state index contributed by atoms with van der Waals surface area (Å²) >= 11 is 0. The van der Waals surface area contributed by atoms with Gasteiger partial charge in [0.2, 0.25) is 0 Å². The molecule has 0 bridgehead atoms. The summed E-state index contributed by atoms with van der Waals surface area (Å²) in [5.41, 5.74) is 0. The fraction of sp³-hybridized carbons (Fsp3) is 0.889. The van der Waals surface area contributed by atoms with Crippen LogP contribution < -0.4 is 0 Å². The number of hydrogen-bond acceptors (Lipinski definition) is 4. The monoisotopic (exact) mass is 190 g/mol. The van der Waals surface area contributed by atoms with Crippen LogP contribution in [0, 0.1) is 0 Å². The number of carbonyl (C=O) groups is 1. The Morgan fingerprint density at radius 1 is 1.31 bits per heavy atom. The van der Waals surface area contributed by atoms with Crippen LogP contribution in [0.5, 0.6) is 0 Å². The lowest BCUT2D eigenvalue weighted by molar-refractivity contribution is -0.168. The molecule has 0 aromatic carbocycles. The molecule has 13 heavy (non-hydrogen) atoms. The summed E-state index contributed by atoms with van der Waals surface area (Å²) in [7, 11) is 0. The Bertz CT molecular complexity index is 147. The van der Waals surface area contributed by atoms with Crippen LogP contribution in [0.1, 0.15) is 39.5 Å². The number of ether oxygens (including phenoxy) is 1. The normalized spacial score (nSPS) is 15.1. The van der Waals surface area contributed by atoms with E-state index in [2.05, 4.69) is 4.74 Å². The van der Waals surface area contributed by atoms with Crippen LogP contribution in [0.2, 0.25) is 0 Å². The van der Waals surface area contributed by atoms with Crippen LogP contribution in [0.25, 0.3) is 0 Å². The third kappa shape index (κ3) is 6.54. The molecule has 0 amide bonds. The Balaban J connectivity index is 3.51. The van der Waals surface area contributed by atoms with E-state index in [4.69, 9.17) is 10.2 Å². The summed E-state index contributed by atoms with van der Waals surface area (Å²) in [5, 5.41) is 18.1. The quantitative estimate of drug-likeness (QED) is 0.480. The first kappa shape index (κ1) is 12.4. The molecule has 0 spiro atoms. The molecule has 2 unspecified atom stereocenters. The first-order valence-corrected chi connectivity index (χ1v) is 4.65. The Kier molecular flexibility index (Phi) is 6.54. The summed E-state index contributed by atoms with van der Waals surface area (Å²) in [6.07, 6.45) is 0.112. The van der Waals surface area contributed by atoms with Gasteiger partial charge in [-0.15, -0.1) is 0 Å². The zero-order valence-corrected chi connectivity index (χ0v) is 8.19. The molecule has 2 N–H and O–H groups in total. The summed E-state index contributed by atoms with van der Waals surface area (Å²) in [6, 6.07) is 0. The summed E-state index contributed by atoms with van der Waals surface area (Å²) < 4.78 is 4.60. The van der Waals surface area contributed by atoms with Gasteiger partial charge in [-0.25, -0.2) is 0 Å². The highest BCUT2D eigenvalue weighted by atomic mass is 16.6. The zero-order chi connectivity index (χ0) is 10.3. The lowest BCUT2D eigenvalue weighted by atomic mass is 10.1. The molecule has 78 valence electrons. The number of carbonyl (C=O) groups excluding carboxylic acids is 1. The SMILES string of the molecule is CCC(O)CCC(=O)OC(O)CC. The molecule has 2 atom stereocenters. The van der Waals surface area contributed by atoms with Crippen molar-refractivity contribution in [3.05, 3.63) is 0 Å². The second kappa shape index (κ2) is 6.86. The predicted octanol–water partition coefficient (Wildman–Crippen LogP) is 0.809. The molecular formula is C9H18O4. The number of aliphatic hydroxyl groups is 2. The summed E-state index contributed by atoms with van der Waals surface area (Å²) in [5.74, 6) is -0.457. The second-order valence-corrected chi connectivity index (χ2v) is 2.95. The Morgan fingerprint density at radius 3 is 2.38 bits per heavy atom. The lowest BCUT2D eigenvalue weighted by Crippen LogP contribution is -2.18. The minimum absolute atomic E-state index is 0.159. The fourth-order valence-corrected chi connectivity index (χ4v) is 0.783. The number of aliphatic hydroxyl groups excluding tert-OH is 2. The molecule has 4 nitrogen and oxygen atoms in total. The maximum atomic E-state index is 10.9. The zero-order valence-electron chi connectivity index (χ0n) is 8.19. The van der Waals surface area contributed by atoms with Crippen molar-refractivity contribution in [2.45, 2.75) is 51.9 Å². The van der Waals surface area contributed by atoms with Gasteiger partial charge in [0.1, 0.15) is 0 Å². The average molecular weight is 190 g/mol. The van der Waals surface area contributed by atoms with Crippen molar-refractivity contribution in [2.24, 2.45) is 0 Å². The number of esters is 1. The predicted molar refractivity (Wildman–Crippen MR) is 47.9 cm³/mol. The van der Waals surface area contributed by atoms with Crippen molar-refractivity contribution in [1.29, 1.82) is 0 Å². The first-order chi connectivity index (χ1) is 6.10. The standard InChI is InChI=1S/C9H18O4/c1-3-7(10)5-6-9(12)13-8(11)4-2/h7-8,10-11H,3-6H2,1-2H3. The van der Waals surface area contributed by atoms with Crippen molar-refractivity contribution in [3.63, 3.8) is 0 Å². The minimum atomic E-state index is -1.01. The maximum Gasteiger partial charge on any atom is 0.308 e. The van der Waals surface area contributed by atoms with E-state index in [1.54, 1.807) is 6.92 Å². The second-order valence-electron chi connectivity index (χ2n) is 2.95. The van der Waals surface area contributed by atoms with Gasteiger partial charge in [-0.3, -0.25) is 4.79 Å². The molecule has 0 aliphatic heterocycles. The maximum absolute atomic E-state index is 10.9. The molecule has 0 aliphatic rings. The first-order valence-electron chi connectivity index (χ1n) is 4.65. The lowest BCUT2D eigenvalue weighted by Gasteiger charge is -2.10. The molecule has 4 heteroatoms. The summed E-state index contributed by atoms with van der Waals surface area (Å²) in [6.45, 7) is 3.57. The van der Waals surface area contributed by atoms with E-state index in [-0.39, 0.29) is 6.42 Å². The largest absolute Gasteiger partial charge is 0.436 e. The van der Waals surface area contributed by atoms with E-state index in [1.807, 2.05) is 6.92 Å². The fourth-order valence-electron chi connectivity index (χ4n) is 0.783. The molecule has 0 aromatic rings. The average Bonchev–Trinajstić information content (AvgIpc) is 2.13. The molecule has 0 aromatic heterocycles. The molecule has 0 rings (SSSR count). The van der Waals surface area contributed by atoms with E-state index in [9.17, 15) is 4.79 Å². The van der Waals surface area contributed by atoms with Gasteiger partial charge in [0.25, 0.3) is 0 Å². The summed E-state index contributed by atoms with van der Waals surface area (Å²) in [4.78, 5) is 10.9. The van der Waals surface area contributed by atoms with Crippen LogP contribution in [-0.2, 0) is 9.53 Å². The van der Waals surface area contributed by atoms with E-state index in [0.29, 0.717) is 19.3 Å². The van der Waals surface area contributed by atoms with E-state index < -0.39 is 18.4 Å². The van der Waals surface area contributed by atoms with Gasteiger partial charge in [0, 0.05) is 12.8 Å². The molecule has 0 aliphatic carbocycles. The van der Waals surface area contributed by atoms with Crippen molar-refractivity contribution in [3.8, 4) is 0 Å². The van der Waals surface area contributed by atoms with E-state index >= 15 is 0 Å². The highest BCUT2D eigenvalue weighted by molar-refractivity contribution is 5.69. The van der Waals surface area contributed by atoms with Crippen LogP contribution in [0.4, 0.5) is 0 Å². The van der Waals surface area contributed by atoms with Crippen LogP contribution >= 0.6 is 0 Å². The van der Waals surface area contributed by atoms with Crippen molar-refractivity contribution >= 4 is 5.97 Å². The van der Waals surface area contributed by atoms with Gasteiger partial charge in [-0.2, -0.15) is 0 Å². The van der Waals surface area contributed by atoms with Gasteiger partial charge in [-0.1, -0.05) is 13.8 Å². The molecule has 0 saturated carbocycles. The van der Waals surface area contributed by atoms with Crippen molar-refractivity contribution < 1.29 is 19.7 Å².